The molecule has 0 amide bonds. The maximum absolute atomic E-state index is 8.65. The van der Waals surface area contributed by atoms with Crippen LogP contribution in [0.5, 0.6) is 0 Å². The van der Waals surface area contributed by atoms with Gasteiger partial charge in [-0.05, 0) is 23.6 Å². The SMILES string of the molecule is OCCOCCNC(c1cccs1)c1ccc(Cl)s1. The Hall–Kier alpha value is -0.430. The van der Waals surface area contributed by atoms with Gasteiger partial charge in [-0.1, -0.05) is 17.7 Å². The highest BCUT2D eigenvalue weighted by Gasteiger charge is 2.16. The molecule has 2 heterocycles. The Labute approximate surface area is 125 Å². The Balaban J connectivity index is 1.96. The van der Waals surface area contributed by atoms with Gasteiger partial charge in [0.2, 0.25) is 0 Å². The number of hydrogen-bond donors (Lipinski definition) is 2. The van der Waals surface area contributed by atoms with E-state index >= 15 is 0 Å². The minimum Gasteiger partial charge on any atom is -0.394 e. The van der Waals surface area contributed by atoms with E-state index in [9.17, 15) is 0 Å². The Morgan fingerprint density at radius 1 is 1.26 bits per heavy atom. The summed E-state index contributed by atoms with van der Waals surface area (Å²) in [6, 6.07) is 8.30. The van der Waals surface area contributed by atoms with Crippen molar-refractivity contribution in [2.45, 2.75) is 6.04 Å². The average Bonchev–Trinajstić information content (AvgIpc) is 3.05. The van der Waals surface area contributed by atoms with Gasteiger partial charge in [0.15, 0.2) is 0 Å². The van der Waals surface area contributed by atoms with Gasteiger partial charge in [0.25, 0.3) is 0 Å². The van der Waals surface area contributed by atoms with Gasteiger partial charge in [-0.15, -0.1) is 22.7 Å². The lowest BCUT2D eigenvalue weighted by molar-refractivity contribution is 0.0932. The van der Waals surface area contributed by atoms with Gasteiger partial charge in [0, 0.05) is 16.3 Å². The number of rotatable bonds is 8. The fourth-order valence-electron chi connectivity index (χ4n) is 1.72. The zero-order valence-electron chi connectivity index (χ0n) is 10.3. The molecule has 0 saturated carbocycles. The van der Waals surface area contributed by atoms with Crippen molar-refractivity contribution in [3.63, 3.8) is 0 Å². The lowest BCUT2D eigenvalue weighted by Crippen LogP contribution is -2.25. The van der Waals surface area contributed by atoms with Gasteiger partial charge in [-0.3, -0.25) is 0 Å². The Bertz CT molecular complexity index is 473. The molecule has 0 aliphatic rings. The van der Waals surface area contributed by atoms with E-state index in [2.05, 4.69) is 22.8 Å². The molecule has 0 radical (unpaired) electrons. The van der Waals surface area contributed by atoms with Crippen LogP contribution in [-0.2, 0) is 4.74 Å². The minimum atomic E-state index is 0.0644. The van der Waals surface area contributed by atoms with Crippen LogP contribution in [-0.4, -0.2) is 31.5 Å². The van der Waals surface area contributed by atoms with E-state index in [0.29, 0.717) is 13.2 Å². The smallest absolute Gasteiger partial charge is 0.0931 e. The second kappa shape index (κ2) is 7.99. The predicted molar refractivity (Wildman–Crippen MR) is 81.4 cm³/mol. The summed E-state index contributed by atoms with van der Waals surface area (Å²) in [5.41, 5.74) is 0. The fraction of sp³-hybridized carbons (Fsp3) is 0.385. The first-order valence-corrected chi connectivity index (χ1v) is 8.09. The van der Waals surface area contributed by atoms with Crippen LogP contribution in [0.15, 0.2) is 29.6 Å². The van der Waals surface area contributed by atoms with E-state index in [0.717, 1.165) is 10.9 Å². The maximum atomic E-state index is 8.65. The first-order chi connectivity index (χ1) is 9.31. The van der Waals surface area contributed by atoms with E-state index < -0.39 is 0 Å². The van der Waals surface area contributed by atoms with E-state index in [-0.39, 0.29) is 12.6 Å². The Kier molecular flexibility index (Phi) is 6.30. The molecule has 0 aromatic carbocycles. The molecule has 0 bridgehead atoms. The molecule has 1 unspecified atom stereocenters. The molecular formula is C13H16ClNO2S2. The topological polar surface area (TPSA) is 41.5 Å². The van der Waals surface area contributed by atoms with Gasteiger partial charge in [0.05, 0.1) is 30.2 Å². The quantitative estimate of drug-likeness (QED) is 0.735. The van der Waals surface area contributed by atoms with Crippen LogP contribution in [0.2, 0.25) is 4.34 Å². The summed E-state index contributed by atoms with van der Waals surface area (Å²) in [7, 11) is 0. The first-order valence-electron chi connectivity index (χ1n) is 6.02. The van der Waals surface area contributed by atoms with Gasteiger partial charge < -0.3 is 15.2 Å². The molecule has 1 atom stereocenters. The van der Waals surface area contributed by atoms with Gasteiger partial charge in [0.1, 0.15) is 0 Å². The highest BCUT2D eigenvalue weighted by atomic mass is 35.5. The lowest BCUT2D eigenvalue weighted by Gasteiger charge is -2.16. The molecule has 0 saturated heterocycles. The monoisotopic (exact) mass is 317 g/mol. The van der Waals surface area contributed by atoms with Crippen molar-refractivity contribution in [2.75, 3.05) is 26.4 Å². The summed E-state index contributed by atoms with van der Waals surface area (Å²) in [6.45, 7) is 1.77. The number of thiophene rings is 2. The molecule has 3 nitrogen and oxygen atoms in total. The number of hydrogen-bond acceptors (Lipinski definition) is 5. The van der Waals surface area contributed by atoms with Crippen LogP contribution >= 0.6 is 34.3 Å². The first kappa shape index (κ1) is 15.0. The van der Waals surface area contributed by atoms with E-state index in [1.807, 2.05) is 12.1 Å². The second-order valence-electron chi connectivity index (χ2n) is 3.88. The van der Waals surface area contributed by atoms with Crippen molar-refractivity contribution in [3.05, 3.63) is 43.7 Å². The third-order valence-corrected chi connectivity index (χ3v) is 4.77. The van der Waals surface area contributed by atoms with Crippen LogP contribution in [0.25, 0.3) is 0 Å². The number of nitrogens with one attached hydrogen (secondary N) is 1. The summed E-state index contributed by atoms with van der Waals surface area (Å²) in [5.74, 6) is 0. The Morgan fingerprint density at radius 3 is 2.79 bits per heavy atom. The van der Waals surface area contributed by atoms with Crippen LogP contribution in [0.1, 0.15) is 15.8 Å². The van der Waals surface area contributed by atoms with Crippen molar-refractivity contribution < 1.29 is 9.84 Å². The largest absolute Gasteiger partial charge is 0.394 e. The molecule has 2 rings (SSSR count). The van der Waals surface area contributed by atoms with Crippen molar-refractivity contribution in [1.82, 2.24) is 5.32 Å². The Morgan fingerprint density at radius 2 is 2.16 bits per heavy atom. The number of halogens is 1. The van der Waals surface area contributed by atoms with Crippen LogP contribution < -0.4 is 5.32 Å². The highest BCUT2D eigenvalue weighted by Crippen LogP contribution is 2.32. The van der Waals surface area contributed by atoms with Gasteiger partial charge in [-0.25, -0.2) is 0 Å². The summed E-state index contributed by atoms with van der Waals surface area (Å²) in [5, 5.41) is 14.2. The van der Waals surface area contributed by atoms with Gasteiger partial charge >= 0.3 is 0 Å². The van der Waals surface area contributed by atoms with E-state index in [1.54, 1.807) is 22.7 Å². The second-order valence-corrected chi connectivity index (χ2v) is 6.61. The number of aliphatic hydroxyl groups is 1. The van der Waals surface area contributed by atoms with Crippen LogP contribution in [0, 0.1) is 0 Å². The minimum absolute atomic E-state index is 0.0644. The molecule has 2 N–H and O–H groups in total. The number of aliphatic hydroxyl groups excluding tert-OH is 1. The molecular weight excluding hydrogens is 302 g/mol. The standard InChI is InChI=1S/C13H16ClNO2S2/c14-12-4-3-11(19-12)13(10-2-1-9-18-10)15-5-7-17-8-6-16/h1-4,9,13,15-16H,5-8H2. The van der Waals surface area contributed by atoms with Crippen LogP contribution in [0.4, 0.5) is 0 Å². The summed E-state index contributed by atoms with van der Waals surface area (Å²) in [4.78, 5) is 2.47. The zero-order chi connectivity index (χ0) is 13.5. The molecule has 0 aliphatic heterocycles. The third kappa shape index (κ3) is 4.56. The number of ether oxygens (including phenoxy) is 1. The van der Waals surface area contributed by atoms with Gasteiger partial charge in [-0.2, -0.15) is 0 Å². The molecule has 0 spiro atoms. The molecule has 19 heavy (non-hydrogen) atoms. The lowest BCUT2D eigenvalue weighted by atomic mass is 10.2. The van der Waals surface area contributed by atoms with Crippen LogP contribution in [0.3, 0.4) is 0 Å². The summed E-state index contributed by atoms with van der Waals surface area (Å²) >= 11 is 9.32. The third-order valence-electron chi connectivity index (χ3n) is 2.54. The summed E-state index contributed by atoms with van der Waals surface area (Å²) in [6.07, 6.45) is 0. The predicted octanol–water partition coefficient (Wildman–Crippen LogP) is 3.15. The molecule has 2 aromatic heterocycles. The van der Waals surface area contributed by atoms with Crippen molar-refractivity contribution in [2.24, 2.45) is 0 Å². The van der Waals surface area contributed by atoms with E-state index in [4.69, 9.17) is 21.4 Å². The molecule has 0 aliphatic carbocycles. The molecule has 104 valence electrons. The highest BCUT2D eigenvalue weighted by molar-refractivity contribution is 7.16. The normalized spacial score (nSPS) is 12.7. The average molecular weight is 318 g/mol. The van der Waals surface area contributed by atoms with Crippen molar-refractivity contribution >= 4 is 34.3 Å². The maximum Gasteiger partial charge on any atom is 0.0931 e. The molecule has 0 fully saturated rings. The van der Waals surface area contributed by atoms with Crippen molar-refractivity contribution in [1.29, 1.82) is 0 Å². The molecule has 2 aromatic rings. The van der Waals surface area contributed by atoms with Crippen molar-refractivity contribution in [3.8, 4) is 0 Å². The van der Waals surface area contributed by atoms with E-state index in [1.165, 1.54) is 9.75 Å². The molecule has 6 heteroatoms. The fourth-order valence-corrected chi connectivity index (χ4v) is 3.77. The summed E-state index contributed by atoms with van der Waals surface area (Å²) < 4.78 is 6.06. The zero-order valence-corrected chi connectivity index (χ0v) is 12.7.